The molecule has 0 heterocycles. The van der Waals surface area contributed by atoms with Crippen molar-refractivity contribution in [1.82, 2.24) is 0 Å². The van der Waals surface area contributed by atoms with Gasteiger partial charge in [-0.05, 0) is 66.8 Å². The van der Waals surface area contributed by atoms with E-state index in [2.05, 4.69) is 22.9 Å². The monoisotopic (exact) mass is 294 g/mol. The van der Waals surface area contributed by atoms with Gasteiger partial charge in [0.2, 0.25) is 0 Å². The van der Waals surface area contributed by atoms with Crippen molar-refractivity contribution in [2.45, 2.75) is 39.2 Å². The van der Waals surface area contributed by atoms with E-state index in [0.717, 1.165) is 34.0 Å². The van der Waals surface area contributed by atoms with Crippen molar-refractivity contribution >= 4 is 21.7 Å². The molecule has 0 aromatic rings. The van der Waals surface area contributed by atoms with Crippen LogP contribution in [-0.4, -0.2) is 16.5 Å². The number of allylic oxidation sites excluding steroid dienone is 4. The highest BCUT2D eigenvalue weighted by atomic mass is 79.9. The van der Waals surface area contributed by atoms with Crippen LogP contribution >= 0.6 is 15.9 Å². The summed E-state index contributed by atoms with van der Waals surface area (Å²) in [6.45, 7) is 5.71. The molecule has 0 amide bonds. The Morgan fingerprint density at radius 2 is 1.94 bits per heavy atom. The van der Waals surface area contributed by atoms with Gasteiger partial charge in [-0.25, -0.2) is 0 Å². The molecule has 3 aliphatic rings. The molecule has 3 heteroatoms. The van der Waals surface area contributed by atoms with Crippen LogP contribution in [0.2, 0.25) is 0 Å². The van der Waals surface area contributed by atoms with Gasteiger partial charge < -0.3 is 5.11 Å². The summed E-state index contributed by atoms with van der Waals surface area (Å²) in [6.07, 6.45) is 3.70. The second-order valence-electron chi connectivity index (χ2n) is 5.54. The SMILES string of the molecule is CC1=C(Br)C2=C(C)C3(CC3)[C@@](C)(O)C(=O)C2=C1. The molecule has 2 nitrogen and oxygen atoms in total. The van der Waals surface area contributed by atoms with E-state index >= 15 is 0 Å². The van der Waals surface area contributed by atoms with Crippen molar-refractivity contribution < 1.29 is 9.90 Å². The average molecular weight is 295 g/mol. The summed E-state index contributed by atoms with van der Waals surface area (Å²) >= 11 is 3.57. The lowest BCUT2D eigenvalue weighted by Crippen LogP contribution is -2.49. The molecule has 0 saturated heterocycles. The van der Waals surface area contributed by atoms with Crippen molar-refractivity contribution in [2.75, 3.05) is 0 Å². The Balaban J connectivity index is 2.31. The summed E-state index contributed by atoms with van der Waals surface area (Å²) in [4.78, 5) is 12.4. The summed E-state index contributed by atoms with van der Waals surface area (Å²) in [5.41, 5.74) is 2.39. The number of halogens is 1. The van der Waals surface area contributed by atoms with Gasteiger partial charge in [-0.15, -0.1) is 0 Å². The molecule has 0 aromatic heterocycles. The van der Waals surface area contributed by atoms with E-state index in [1.54, 1.807) is 6.92 Å². The van der Waals surface area contributed by atoms with E-state index in [0.29, 0.717) is 5.57 Å². The van der Waals surface area contributed by atoms with Crippen molar-refractivity contribution in [3.8, 4) is 0 Å². The minimum Gasteiger partial charge on any atom is -0.381 e. The first-order chi connectivity index (χ1) is 7.83. The summed E-state index contributed by atoms with van der Waals surface area (Å²) < 4.78 is 1.01. The zero-order chi connectivity index (χ0) is 12.6. The lowest BCUT2D eigenvalue weighted by atomic mass is 9.68. The molecule has 3 rings (SSSR count). The van der Waals surface area contributed by atoms with Crippen LogP contribution in [0.4, 0.5) is 0 Å². The lowest BCUT2D eigenvalue weighted by Gasteiger charge is -2.38. The van der Waals surface area contributed by atoms with Gasteiger partial charge >= 0.3 is 0 Å². The molecule has 1 saturated carbocycles. The third-order valence-electron chi connectivity index (χ3n) is 4.66. The van der Waals surface area contributed by atoms with E-state index in [9.17, 15) is 9.90 Å². The quantitative estimate of drug-likeness (QED) is 0.746. The molecule has 17 heavy (non-hydrogen) atoms. The smallest absolute Gasteiger partial charge is 0.195 e. The maximum Gasteiger partial charge on any atom is 0.195 e. The first-order valence-electron chi connectivity index (χ1n) is 5.90. The standard InChI is InChI=1S/C14H15BrO2/c1-7-6-9-10(11(7)15)8(2)14(4-5-14)13(3,17)12(9)16/h6,17H,4-5H2,1-3H3/t13-/m0/s1. The molecule has 0 aromatic carbocycles. The lowest BCUT2D eigenvalue weighted by molar-refractivity contribution is -0.137. The van der Waals surface area contributed by atoms with Gasteiger partial charge in [0.25, 0.3) is 0 Å². The first-order valence-corrected chi connectivity index (χ1v) is 6.69. The zero-order valence-corrected chi connectivity index (χ0v) is 11.8. The predicted molar refractivity (Wildman–Crippen MR) is 69.7 cm³/mol. The molecule has 0 bridgehead atoms. The maximum atomic E-state index is 12.4. The normalized spacial score (nSPS) is 34.4. The van der Waals surface area contributed by atoms with Gasteiger partial charge in [0.1, 0.15) is 5.60 Å². The van der Waals surface area contributed by atoms with Gasteiger partial charge in [0, 0.05) is 15.5 Å². The fourth-order valence-electron chi connectivity index (χ4n) is 3.28. The Morgan fingerprint density at radius 1 is 1.35 bits per heavy atom. The molecule has 0 aliphatic heterocycles. The molecular weight excluding hydrogens is 280 g/mol. The Hall–Kier alpha value is -0.670. The molecule has 1 N–H and O–H groups in total. The third kappa shape index (κ3) is 1.12. The maximum absolute atomic E-state index is 12.4. The van der Waals surface area contributed by atoms with Crippen LogP contribution in [-0.2, 0) is 4.79 Å². The summed E-state index contributed by atoms with van der Waals surface area (Å²) in [7, 11) is 0. The van der Waals surface area contributed by atoms with Crippen LogP contribution in [0.1, 0.15) is 33.6 Å². The number of Topliss-reactive ketones (excluding diaryl/α,β-unsaturated/α-hetero) is 1. The zero-order valence-electron chi connectivity index (χ0n) is 10.2. The molecule has 0 unspecified atom stereocenters. The topological polar surface area (TPSA) is 37.3 Å². The number of rotatable bonds is 0. The van der Waals surface area contributed by atoms with Gasteiger partial charge in [0.05, 0.1) is 0 Å². The van der Waals surface area contributed by atoms with Crippen molar-refractivity contribution in [2.24, 2.45) is 5.41 Å². The first kappa shape index (κ1) is 11.4. The minimum atomic E-state index is -1.23. The van der Waals surface area contributed by atoms with E-state index in [4.69, 9.17) is 0 Å². The molecule has 0 radical (unpaired) electrons. The highest BCUT2D eigenvalue weighted by Crippen LogP contribution is 2.65. The number of ketones is 1. The molecule has 1 atom stereocenters. The van der Waals surface area contributed by atoms with E-state index in [-0.39, 0.29) is 11.2 Å². The van der Waals surface area contributed by atoms with Gasteiger partial charge in [-0.3, -0.25) is 4.79 Å². The van der Waals surface area contributed by atoms with Crippen LogP contribution in [0.5, 0.6) is 0 Å². The highest BCUT2D eigenvalue weighted by molar-refractivity contribution is 9.12. The van der Waals surface area contributed by atoms with Crippen LogP contribution in [0.15, 0.2) is 32.9 Å². The summed E-state index contributed by atoms with van der Waals surface area (Å²) in [5.74, 6) is -0.121. The molecule has 1 fully saturated rings. The Kier molecular flexibility index (Phi) is 2.02. The van der Waals surface area contributed by atoms with Gasteiger partial charge in [-0.1, -0.05) is 5.57 Å². The Morgan fingerprint density at radius 3 is 2.47 bits per heavy atom. The van der Waals surface area contributed by atoms with Crippen LogP contribution in [0.25, 0.3) is 0 Å². The predicted octanol–water partition coefficient (Wildman–Crippen LogP) is 3.03. The van der Waals surface area contributed by atoms with Gasteiger partial charge in [0.15, 0.2) is 5.78 Å². The Labute approximate surface area is 109 Å². The molecular formula is C14H15BrO2. The second kappa shape index (κ2) is 3.01. The number of aliphatic hydroxyl groups is 1. The number of hydrogen-bond acceptors (Lipinski definition) is 2. The molecule has 90 valence electrons. The summed E-state index contributed by atoms with van der Waals surface area (Å²) in [5, 5.41) is 10.6. The number of carbonyl (C=O) groups is 1. The van der Waals surface area contributed by atoms with Gasteiger partial charge in [-0.2, -0.15) is 0 Å². The van der Waals surface area contributed by atoms with Crippen molar-refractivity contribution in [1.29, 1.82) is 0 Å². The van der Waals surface area contributed by atoms with Crippen molar-refractivity contribution in [3.63, 3.8) is 0 Å². The van der Waals surface area contributed by atoms with Crippen molar-refractivity contribution in [3.05, 3.63) is 32.9 Å². The molecule has 1 spiro atoms. The minimum absolute atomic E-state index is 0.121. The van der Waals surface area contributed by atoms with Crippen LogP contribution < -0.4 is 0 Å². The number of hydrogen-bond donors (Lipinski definition) is 1. The number of fused-ring (bicyclic) bond motifs is 1. The van der Waals surface area contributed by atoms with E-state index in [1.807, 2.05) is 13.0 Å². The number of carbonyl (C=O) groups excluding carboxylic acids is 1. The Bertz CT molecular complexity index is 543. The van der Waals surface area contributed by atoms with Crippen LogP contribution in [0, 0.1) is 5.41 Å². The third-order valence-corrected chi connectivity index (χ3v) is 5.68. The van der Waals surface area contributed by atoms with E-state index in [1.165, 1.54) is 0 Å². The molecule has 3 aliphatic carbocycles. The largest absolute Gasteiger partial charge is 0.381 e. The van der Waals surface area contributed by atoms with Crippen LogP contribution in [0.3, 0.4) is 0 Å². The van der Waals surface area contributed by atoms with E-state index < -0.39 is 5.60 Å². The fraction of sp³-hybridized carbons (Fsp3) is 0.500. The highest BCUT2D eigenvalue weighted by Gasteiger charge is 2.64. The average Bonchev–Trinajstić information content (AvgIpc) is 3.01. The second-order valence-corrected chi connectivity index (χ2v) is 6.33. The summed E-state index contributed by atoms with van der Waals surface area (Å²) in [6, 6.07) is 0. The fourth-order valence-corrected chi connectivity index (χ4v) is 3.91.